The molecular weight excluding hydrogens is 350 g/mol. The van der Waals surface area contributed by atoms with Crippen molar-refractivity contribution in [3.05, 3.63) is 58.6 Å². The maximum absolute atomic E-state index is 6.30. The van der Waals surface area contributed by atoms with E-state index in [4.69, 9.17) is 21.1 Å². The molecule has 1 heterocycles. The van der Waals surface area contributed by atoms with Crippen molar-refractivity contribution in [3.8, 4) is 11.5 Å². The number of halogens is 1. The van der Waals surface area contributed by atoms with Crippen LogP contribution in [-0.2, 0) is 6.42 Å². The number of aliphatic imine (C=N–C) groups is 1. The van der Waals surface area contributed by atoms with E-state index in [0.717, 1.165) is 42.4 Å². The molecule has 2 aromatic carbocycles. The van der Waals surface area contributed by atoms with Crippen LogP contribution in [0.25, 0.3) is 0 Å². The molecule has 0 aliphatic carbocycles. The number of para-hydroxylation sites is 1. The molecule has 0 fully saturated rings. The van der Waals surface area contributed by atoms with Crippen LogP contribution in [0.5, 0.6) is 11.5 Å². The van der Waals surface area contributed by atoms with Gasteiger partial charge in [0.1, 0.15) is 11.5 Å². The van der Waals surface area contributed by atoms with Crippen molar-refractivity contribution in [2.45, 2.75) is 18.9 Å². The number of nitrogens with zero attached hydrogens (tertiary/aromatic N) is 1. The van der Waals surface area contributed by atoms with E-state index in [2.05, 4.69) is 21.7 Å². The van der Waals surface area contributed by atoms with Gasteiger partial charge in [0.15, 0.2) is 5.96 Å². The Hall–Kier alpha value is -2.40. The topological polar surface area (TPSA) is 54.9 Å². The average molecular weight is 374 g/mol. The summed E-state index contributed by atoms with van der Waals surface area (Å²) in [5.74, 6) is 2.48. The summed E-state index contributed by atoms with van der Waals surface area (Å²) in [5.41, 5.74) is 2.24. The van der Waals surface area contributed by atoms with Crippen molar-refractivity contribution >= 4 is 17.6 Å². The molecule has 0 saturated carbocycles. The van der Waals surface area contributed by atoms with Gasteiger partial charge in [-0.2, -0.15) is 0 Å². The first-order chi connectivity index (χ1) is 12.7. The van der Waals surface area contributed by atoms with Crippen LogP contribution in [-0.4, -0.2) is 33.3 Å². The van der Waals surface area contributed by atoms with Gasteiger partial charge >= 0.3 is 0 Å². The quantitative estimate of drug-likeness (QED) is 0.621. The van der Waals surface area contributed by atoms with Gasteiger partial charge in [-0.15, -0.1) is 0 Å². The van der Waals surface area contributed by atoms with Crippen LogP contribution in [0.2, 0.25) is 5.02 Å². The number of benzene rings is 2. The third-order valence-electron chi connectivity index (χ3n) is 4.44. The lowest BCUT2D eigenvalue weighted by molar-refractivity contribution is 0.261. The number of hydrogen-bond donors (Lipinski definition) is 2. The number of ether oxygens (including phenoxy) is 2. The van der Waals surface area contributed by atoms with Gasteiger partial charge in [0.2, 0.25) is 0 Å². The molecule has 1 atom stereocenters. The van der Waals surface area contributed by atoms with Crippen LogP contribution in [0.4, 0.5) is 0 Å². The summed E-state index contributed by atoms with van der Waals surface area (Å²) in [5, 5.41) is 7.56. The predicted octanol–water partition coefficient (Wildman–Crippen LogP) is 3.58. The molecular formula is C20H24ClN3O2. The van der Waals surface area contributed by atoms with Crippen LogP contribution in [0.15, 0.2) is 47.5 Å². The highest BCUT2D eigenvalue weighted by Gasteiger charge is 2.21. The van der Waals surface area contributed by atoms with E-state index in [9.17, 15) is 0 Å². The molecule has 26 heavy (non-hydrogen) atoms. The Labute approximate surface area is 159 Å². The zero-order chi connectivity index (χ0) is 18.4. The van der Waals surface area contributed by atoms with Crippen LogP contribution < -0.4 is 20.1 Å². The van der Waals surface area contributed by atoms with Crippen LogP contribution >= 0.6 is 11.6 Å². The summed E-state index contributed by atoms with van der Waals surface area (Å²) in [6, 6.07) is 14.1. The molecule has 138 valence electrons. The fourth-order valence-electron chi connectivity index (χ4n) is 3.03. The van der Waals surface area contributed by atoms with Gasteiger partial charge in [-0.05, 0) is 30.2 Å². The number of hydrogen-bond acceptors (Lipinski definition) is 3. The zero-order valence-corrected chi connectivity index (χ0v) is 15.8. The molecule has 6 heteroatoms. The lowest BCUT2D eigenvalue weighted by Gasteiger charge is -2.28. The second-order valence-corrected chi connectivity index (χ2v) is 6.49. The first-order valence-electron chi connectivity index (χ1n) is 8.72. The fraction of sp³-hybridized carbons (Fsp3) is 0.350. The largest absolute Gasteiger partial charge is 0.497 e. The lowest BCUT2D eigenvalue weighted by atomic mass is 10.0. The summed E-state index contributed by atoms with van der Waals surface area (Å²) < 4.78 is 10.9. The fourth-order valence-corrected chi connectivity index (χ4v) is 3.29. The van der Waals surface area contributed by atoms with Crippen molar-refractivity contribution in [2.24, 2.45) is 4.99 Å². The second kappa shape index (κ2) is 8.81. The van der Waals surface area contributed by atoms with Gasteiger partial charge in [-0.25, -0.2) is 0 Å². The Kier molecular flexibility index (Phi) is 6.23. The third kappa shape index (κ3) is 4.41. The summed E-state index contributed by atoms with van der Waals surface area (Å²) in [7, 11) is 3.41. The zero-order valence-electron chi connectivity index (χ0n) is 15.1. The minimum absolute atomic E-state index is 0.190. The standard InChI is InChI=1S/C20H24ClN3O2/c1-22-20(23-11-9-14-7-8-15(25-2)13-17(14)21)24-18-10-12-26-19-6-4-3-5-16(18)19/h3-8,13,18H,9-12H2,1-2H3,(H2,22,23,24). The molecule has 5 nitrogen and oxygen atoms in total. The molecule has 0 radical (unpaired) electrons. The van der Waals surface area contributed by atoms with E-state index in [1.165, 1.54) is 5.56 Å². The molecule has 0 saturated heterocycles. The van der Waals surface area contributed by atoms with Crippen molar-refractivity contribution < 1.29 is 9.47 Å². The van der Waals surface area contributed by atoms with Gasteiger partial charge in [-0.3, -0.25) is 4.99 Å². The normalized spacial score (nSPS) is 16.4. The molecule has 2 N–H and O–H groups in total. The van der Waals surface area contributed by atoms with E-state index in [1.807, 2.05) is 36.4 Å². The molecule has 2 aromatic rings. The Morgan fingerprint density at radius 2 is 2.15 bits per heavy atom. The minimum Gasteiger partial charge on any atom is -0.497 e. The van der Waals surface area contributed by atoms with E-state index < -0.39 is 0 Å². The molecule has 3 rings (SSSR count). The molecule has 1 aliphatic heterocycles. The summed E-state index contributed by atoms with van der Waals surface area (Å²) >= 11 is 6.30. The molecule has 0 amide bonds. The highest BCUT2D eigenvalue weighted by molar-refractivity contribution is 6.31. The summed E-state index contributed by atoms with van der Waals surface area (Å²) in [4.78, 5) is 4.34. The van der Waals surface area contributed by atoms with Gasteiger partial charge < -0.3 is 20.1 Å². The van der Waals surface area contributed by atoms with E-state index in [1.54, 1.807) is 14.2 Å². The number of nitrogens with one attached hydrogen (secondary N) is 2. The van der Waals surface area contributed by atoms with Crippen molar-refractivity contribution in [2.75, 3.05) is 27.3 Å². The molecule has 1 aliphatic rings. The average Bonchev–Trinajstić information content (AvgIpc) is 2.68. The van der Waals surface area contributed by atoms with Crippen LogP contribution in [0.3, 0.4) is 0 Å². The Bertz CT molecular complexity index is 779. The number of guanidine groups is 1. The van der Waals surface area contributed by atoms with E-state index in [-0.39, 0.29) is 6.04 Å². The van der Waals surface area contributed by atoms with Gasteiger partial charge in [-0.1, -0.05) is 35.9 Å². The van der Waals surface area contributed by atoms with Gasteiger partial charge in [0.25, 0.3) is 0 Å². The Morgan fingerprint density at radius 3 is 2.92 bits per heavy atom. The number of fused-ring (bicyclic) bond motifs is 1. The molecule has 0 aromatic heterocycles. The van der Waals surface area contributed by atoms with Crippen LogP contribution in [0.1, 0.15) is 23.6 Å². The van der Waals surface area contributed by atoms with Crippen molar-refractivity contribution in [1.29, 1.82) is 0 Å². The molecule has 1 unspecified atom stereocenters. The van der Waals surface area contributed by atoms with Gasteiger partial charge in [0.05, 0.1) is 19.8 Å². The third-order valence-corrected chi connectivity index (χ3v) is 4.79. The van der Waals surface area contributed by atoms with Gasteiger partial charge in [0, 0.05) is 30.6 Å². The monoisotopic (exact) mass is 373 g/mol. The molecule has 0 spiro atoms. The number of methoxy groups -OCH3 is 1. The van der Waals surface area contributed by atoms with E-state index in [0.29, 0.717) is 11.6 Å². The first-order valence-corrected chi connectivity index (χ1v) is 9.10. The SMILES string of the molecule is CN=C(NCCc1ccc(OC)cc1Cl)NC1CCOc2ccccc21. The number of rotatable bonds is 5. The Balaban J connectivity index is 1.56. The Morgan fingerprint density at radius 1 is 1.31 bits per heavy atom. The van der Waals surface area contributed by atoms with Crippen molar-refractivity contribution in [1.82, 2.24) is 10.6 Å². The maximum Gasteiger partial charge on any atom is 0.191 e. The maximum atomic E-state index is 6.30. The second-order valence-electron chi connectivity index (χ2n) is 6.08. The predicted molar refractivity (Wildman–Crippen MR) is 106 cm³/mol. The van der Waals surface area contributed by atoms with E-state index >= 15 is 0 Å². The smallest absolute Gasteiger partial charge is 0.191 e. The molecule has 0 bridgehead atoms. The highest BCUT2D eigenvalue weighted by Crippen LogP contribution is 2.31. The summed E-state index contributed by atoms with van der Waals surface area (Å²) in [6.07, 6.45) is 1.70. The highest BCUT2D eigenvalue weighted by atomic mass is 35.5. The van der Waals surface area contributed by atoms with Crippen LogP contribution in [0, 0.1) is 0 Å². The minimum atomic E-state index is 0.190. The lowest BCUT2D eigenvalue weighted by Crippen LogP contribution is -2.41. The first kappa shape index (κ1) is 18.4. The van der Waals surface area contributed by atoms with Crippen molar-refractivity contribution in [3.63, 3.8) is 0 Å². The summed E-state index contributed by atoms with van der Waals surface area (Å²) in [6.45, 7) is 1.43.